The minimum Gasteiger partial charge on any atom is -0.308 e. The van der Waals surface area contributed by atoms with E-state index in [0.29, 0.717) is 30.2 Å². The minimum absolute atomic E-state index is 0.0871. The topological polar surface area (TPSA) is 41.4 Å². The first-order valence-electron chi connectivity index (χ1n) is 7.41. The third-order valence-electron chi connectivity index (χ3n) is 4.26. The van der Waals surface area contributed by atoms with Crippen molar-refractivity contribution in [2.45, 2.75) is 19.0 Å². The molecule has 1 fully saturated rings. The van der Waals surface area contributed by atoms with Crippen molar-refractivity contribution in [2.24, 2.45) is 7.05 Å². The molecule has 0 radical (unpaired) electrons. The van der Waals surface area contributed by atoms with Gasteiger partial charge in [-0.3, -0.25) is 14.4 Å². The number of carbonyl (C=O) groups is 1. The van der Waals surface area contributed by atoms with Gasteiger partial charge in [-0.15, -0.1) is 0 Å². The number of nitrogens with zero attached hydrogens (tertiary/aromatic N) is 4. The van der Waals surface area contributed by atoms with Gasteiger partial charge in [-0.2, -0.15) is 5.10 Å². The molecule has 1 atom stereocenters. The molecule has 23 heavy (non-hydrogen) atoms. The maximum atomic E-state index is 13.9. The molecule has 1 aliphatic heterocycles. The number of halogens is 2. The van der Waals surface area contributed by atoms with Gasteiger partial charge in [-0.05, 0) is 25.6 Å². The van der Waals surface area contributed by atoms with E-state index in [1.807, 2.05) is 19.0 Å². The number of rotatable bonds is 4. The maximum absolute atomic E-state index is 13.9. The van der Waals surface area contributed by atoms with Gasteiger partial charge in [-0.25, -0.2) is 4.39 Å². The largest absolute Gasteiger partial charge is 0.308 e. The number of amides is 1. The lowest BCUT2D eigenvalue weighted by Crippen LogP contribution is -2.39. The first-order chi connectivity index (χ1) is 11.0. The lowest BCUT2D eigenvalue weighted by Gasteiger charge is -2.24. The van der Waals surface area contributed by atoms with Crippen molar-refractivity contribution in [3.63, 3.8) is 0 Å². The molecule has 122 valence electrons. The maximum Gasteiger partial charge on any atom is 0.244 e. The van der Waals surface area contributed by atoms with Gasteiger partial charge in [0, 0.05) is 20.1 Å². The summed E-state index contributed by atoms with van der Waals surface area (Å²) in [5.74, 6) is -0.463. The van der Waals surface area contributed by atoms with Crippen LogP contribution in [0.25, 0.3) is 0 Å². The van der Waals surface area contributed by atoms with Gasteiger partial charge in [0.2, 0.25) is 5.91 Å². The summed E-state index contributed by atoms with van der Waals surface area (Å²) in [5, 5.41) is 4.68. The molecule has 3 rings (SSSR count). The Bertz CT molecular complexity index is 713. The average molecular weight is 337 g/mol. The van der Waals surface area contributed by atoms with E-state index in [1.165, 1.54) is 11.0 Å². The molecule has 1 aromatic carbocycles. The van der Waals surface area contributed by atoms with Crippen LogP contribution in [-0.4, -0.2) is 40.2 Å². The van der Waals surface area contributed by atoms with Crippen LogP contribution in [0.4, 0.5) is 10.1 Å². The third-order valence-corrected chi connectivity index (χ3v) is 4.58. The smallest absolute Gasteiger partial charge is 0.244 e. The zero-order valence-corrected chi connectivity index (χ0v) is 13.8. The second kappa shape index (κ2) is 6.29. The molecule has 1 saturated heterocycles. The molecule has 1 aromatic heterocycles. The molecule has 1 amide bonds. The van der Waals surface area contributed by atoms with E-state index in [-0.39, 0.29) is 17.8 Å². The van der Waals surface area contributed by atoms with E-state index in [4.69, 9.17) is 11.6 Å². The number of para-hydroxylation sites is 1. The van der Waals surface area contributed by atoms with E-state index in [2.05, 4.69) is 5.10 Å². The van der Waals surface area contributed by atoms with Gasteiger partial charge in [0.25, 0.3) is 0 Å². The lowest BCUT2D eigenvalue weighted by molar-refractivity contribution is -0.121. The van der Waals surface area contributed by atoms with Crippen LogP contribution in [0, 0.1) is 5.82 Å². The van der Waals surface area contributed by atoms with Gasteiger partial charge in [0.05, 0.1) is 28.6 Å². The monoisotopic (exact) mass is 336 g/mol. The van der Waals surface area contributed by atoms with E-state index in [9.17, 15) is 9.18 Å². The fourth-order valence-corrected chi connectivity index (χ4v) is 3.17. The third kappa shape index (κ3) is 2.96. The number of carbonyl (C=O) groups excluding carboxylic acids is 1. The van der Waals surface area contributed by atoms with E-state index in [0.717, 1.165) is 5.69 Å². The van der Waals surface area contributed by atoms with Gasteiger partial charge in [0.1, 0.15) is 5.82 Å². The number of anilines is 1. The van der Waals surface area contributed by atoms with Gasteiger partial charge in [0.15, 0.2) is 0 Å². The van der Waals surface area contributed by atoms with E-state index < -0.39 is 0 Å². The number of benzene rings is 1. The molecule has 2 aromatic rings. The van der Waals surface area contributed by atoms with Crippen molar-refractivity contribution in [3.05, 3.63) is 47.0 Å². The SMILES string of the molecule is CN(Cc1c(Cl)cnn1C)[C@H]1CCN(c2ccccc2F)C1=O. The molecule has 1 aliphatic rings. The number of aromatic nitrogens is 2. The standard InChI is InChI=1S/C16H18ClFN4O/c1-20(10-15-11(17)9-19-21(15)2)14-7-8-22(16(14)23)13-6-4-3-5-12(13)18/h3-6,9,14H,7-8,10H2,1-2H3/t14-/m0/s1. The Balaban J connectivity index is 1.75. The number of aryl methyl sites for hydroxylation is 1. The highest BCUT2D eigenvalue weighted by atomic mass is 35.5. The highest BCUT2D eigenvalue weighted by Gasteiger charge is 2.36. The van der Waals surface area contributed by atoms with Crippen molar-refractivity contribution in [1.29, 1.82) is 0 Å². The summed E-state index contributed by atoms with van der Waals surface area (Å²) < 4.78 is 15.6. The second-order valence-corrected chi connectivity index (χ2v) is 6.13. The Morgan fingerprint density at radius 3 is 2.83 bits per heavy atom. The van der Waals surface area contributed by atoms with Crippen LogP contribution in [0.1, 0.15) is 12.1 Å². The number of likely N-dealkylation sites (N-methyl/N-ethyl adjacent to an activating group) is 1. The summed E-state index contributed by atoms with van der Waals surface area (Å²) in [4.78, 5) is 16.1. The molecule has 0 bridgehead atoms. The molecule has 0 saturated carbocycles. The molecule has 0 unspecified atom stereocenters. The highest BCUT2D eigenvalue weighted by Crippen LogP contribution is 2.27. The summed E-state index contributed by atoms with van der Waals surface area (Å²) in [7, 11) is 3.69. The first-order valence-corrected chi connectivity index (χ1v) is 7.79. The Morgan fingerprint density at radius 1 is 1.43 bits per heavy atom. The van der Waals surface area contributed by atoms with E-state index >= 15 is 0 Å². The summed E-state index contributed by atoms with van der Waals surface area (Å²) in [6.45, 7) is 1.02. The summed E-state index contributed by atoms with van der Waals surface area (Å²) >= 11 is 6.12. The van der Waals surface area contributed by atoms with Crippen LogP contribution in [-0.2, 0) is 18.4 Å². The summed E-state index contributed by atoms with van der Waals surface area (Å²) in [5.41, 5.74) is 1.19. The van der Waals surface area contributed by atoms with Crippen LogP contribution >= 0.6 is 11.6 Å². The zero-order valence-electron chi connectivity index (χ0n) is 13.0. The average Bonchev–Trinajstić information content (AvgIpc) is 3.05. The van der Waals surface area contributed by atoms with Crippen molar-refractivity contribution in [2.75, 3.05) is 18.5 Å². The molecule has 7 heteroatoms. The molecular formula is C16H18ClFN4O. The van der Waals surface area contributed by atoms with Gasteiger partial charge < -0.3 is 4.90 Å². The Labute approximate surface area is 139 Å². The summed E-state index contributed by atoms with van der Waals surface area (Å²) in [6.07, 6.45) is 2.24. The first kappa shape index (κ1) is 16.0. The number of hydrogen-bond donors (Lipinski definition) is 0. The van der Waals surface area contributed by atoms with Crippen molar-refractivity contribution in [3.8, 4) is 0 Å². The lowest BCUT2D eigenvalue weighted by atomic mass is 10.2. The molecule has 0 spiro atoms. The number of hydrogen-bond acceptors (Lipinski definition) is 3. The predicted octanol–water partition coefficient (Wildman–Crippen LogP) is 2.45. The minimum atomic E-state index is -0.376. The zero-order chi connectivity index (χ0) is 16.6. The fraction of sp³-hybridized carbons (Fsp3) is 0.375. The predicted molar refractivity (Wildman–Crippen MR) is 86.8 cm³/mol. The van der Waals surface area contributed by atoms with Crippen molar-refractivity contribution in [1.82, 2.24) is 14.7 Å². The van der Waals surface area contributed by atoms with Crippen molar-refractivity contribution >= 4 is 23.2 Å². The van der Waals surface area contributed by atoms with Gasteiger partial charge in [-0.1, -0.05) is 23.7 Å². The van der Waals surface area contributed by atoms with E-state index in [1.54, 1.807) is 29.1 Å². The molecule has 2 heterocycles. The van der Waals surface area contributed by atoms with Gasteiger partial charge >= 0.3 is 0 Å². The Morgan fingerprint density at radius 2 is 2.17 bits per heavy atom. The molecule has 5 nitrogen and oxygen atoms in total. The van der Waals surface area contributed by atoms with Crippen molar-refractivity contribution < 1.29 is 9.18 Å². The molecule has 0 N–H and O–H groups in total. The second-order valence-electron chi connectivity index (χ2n) is 5.72. The van der Waals surface area contributed by atoms with Crippen LogP contribution in [0.3, 0.4) is 0 Å². The van der Waals surface area contributed by atoms with Crippen LogP contribution < -0.4 is 4.90 Å². The van der Waals surface area contributed by atoms with Crippen LogP contribution in [0.15, 0.2) is 30.5 Å². The Hall–Kier alpha value is -1.92. The molecular weight excluding hydrogens is 319 g/mol. The highest BCUT2D eigenvalue weighted by molar-refractivity contribution is 6.31. The summed E-state index contributed by atoms with van der Waals surface area (Å²) in [6, 6.07) is 6.06. The van der Waals surface area contributed by atoms with Crippen LogP contribution in [0.5, 0.6) is 0 Å². The normalized spacial score (nSPS) is 18.2. The quantitative estimate of drug-likeness (QED) is 0.861. The Kier molecular flexibility index (Phi) is 4.37. The van der Waals surface area contributed by atoms with Crippen LogP contribution in [0.2, 0.25) is 5.02 Å². The fourth-order valence-electron chi connectivity index (χ4n) is 2.94. The molecule has 0 aliphatic carbocycles.